The molecule has 1 aromatic carbocycles. The van der Waals surface area contributed by atoms with E-state index in [2.05, 4.69) is 48.5 Å². The Bertz CT molecular complexity index is 443. The Morgan fingerprint density at radius 3 is 2.85 bits per heavy atom. The zero-order valence-corrected chi connectivity index (χ0v) is 12.9. The normalized spacial score (nSPS) is 30.9. The van der Waals surface area contributed by atoms with E-state index in [1.165, 1.54) is 37.7 Å². The number of hydrogen-bond donors (Lipinski definition) is 1. The molecule has 1 N–H and O–H groups in total. The Balaban J connectivity index is 1.81. The van der Waals surface area contributed by atoms with Gasteiger partial charge in [-0.3, -0.25) is 4.90 Å². The largest absolute Gasteiger partial charge is 0.313 e. The first-order chi connectivity index (χ1) is 9.75. The van der Waals surface area contributed by atoms with Crippen LogP contribution in [0.2, 0.25) is 0 Å². The third-order valence-corrected chi connectivity index (χ3v) is 5.30. The summed E-state index contributed by atoms with van der Waals surface area (Å²) in [6.07, 6.45) is 6.82. The van der Waals surface area contributed by atoms with Crippen molar-refractivity contribution < 1.29 is 0 Å². The van der Waals surface area contributed by atoms with Gasteiger partial charge in [-0.2, -0.15) is 0 Å². The summed E-state index contributed by atoms with van der Waals surface area (Å²) in [5, 5.41) is 3.57. The average Bonchev–Trinajstić information content (AvgIpc) is 2.69. The maximum atomic E-state index is 3.57. The quantitative estimate of drug-likeness (QED) is 0.882. The van der Waals surface area contributed by atoms with E-state index in [1.54, 1.807) is 5.56 Å². The molecule has 1 saturated carbocycles. The second-order valence-electron chi connectivity index (χ2n) is 6.77. The van der Waals surface area contributed by atoms with Crippen LogP contribution < -0.4 is 5.32 Å². The second-order valence-corrected chi connectivity index (χ2v) is 6.77. The van der Waals surface area contributed by atoms with Gasteiger partial charge in [0.15, 0.2) is 0 Å². The maximum Gasteiger partial charge on any atom is 0.0363 e. The first kappa shape index (κ1) is 14.1. The standard InChI is InChI=1S/C18H28N2/c1-14-6-5-8-16(12-14)20(2)18-10-11-19-13-15-7-3-4-9-17(15)18/h3-4,7,9,14,16,18-19H,5-6,8,10-13H2,1-2H3. The van der Waals surface area contributed by atoms with Gasteiger partial charge in [0, 0.05) is 18.6 Å². The SMILES string of the molecule is CC1CCCC(N(C)C2CCNCc3ccccc32)C1. The molecule has 0 bridgehead atoms. The van der Waals surface area contributed by atoms with Gasteiger partial charge in [0.05, 0.1) is 0 Å². The molecular weight excluding hydrogens is 244 g/mol. The van der Waals surface area contributed by atoms with Gasteiger partial charge in [-0.15, -0.1) is 0 Å². The van der Waals surface area contributed by atoms with Crippen LogP contribution in [0.5, 0.6) is 0 Å². The van der Waals surface area contributed by atoms with Crippen LogP contribution in [-0.2, 0) is 6.54 Å². The maximum absolute atomic E-state index is 3.57. The van der Waals surface area contributed by atoms with E-state index >= 15 is 0 Å². The summed E-state index contributed by atoms with van der Waals surface area (Å²) in [7, 11) is 2.36. The molecule has 0 radical (unpaired) electrons. The topological polar surface area (TPSA) is 15.3 Å². The van der Waals surface area contributed by atoms with Gasteiger partial charge >= 0.3 is 0 Å². The molecule has 1 aliphatic carbocycles. The highest BCUT2D eigenvalue weighted by Crippen LogP contribution is 2.35. The summed E-state index contributed by atoms with van der Waals surface area (Å²) in [5.74, 6) is 0.898. The molecule has 3 atom stereocenters. The van der Waals surface area contributed by atoms with Crippen molar-refractivity contribution in [2.75, 3.05) is 13.6 Å². The summed E-state index contributed by atoms with van der Waals surface area (Å²) < 4.78 is 0. The number of nitrogens with zero attached hydrogens (tertiary/aromatic N) is 1. The lowest BCUT2D eigenvalue weighted by Crippen LogP contribution is -2.38. The van der Waals surface area contributed by atoms with Crippen LogP contribution in [0.3, 0.4) is 0 Å². The van der Waals surface area contributed by atoms with Crippen LogP contribution in [-0.4, -0.2) is 24.5 Å². The molecule has 3 rings (SSSR count). The highest BCUT2D eigenvalue weighted by atomic mass is 15.2. The molecule has 0 aromatic heterocycles. The Morgan fingerprint density at radius 2 is 2.00 bits per heavy atom. The van der Waals surface area contributed by atoms with Gasteiger partial charge < -0.3 is 5.32 Å². The van der Waals surface area contributed by atoms with Crippen molar-refractivity contribution in [3.05, 3.63) is 35.4 Å². The minimum absolute atomic E-state index is 0.594. The van der Waals surface area contributed by atoms with Crippen LogP contribution in [0.15, 0.2) is 24.3 Å². The van der Waals surface area contributed by atoms with Crippen LogP contribution in [0, 0.1) is 5.92 Å². The molecule has 1 aromatic rings. The molecule has 1 heterocycles. The van der Waals surface area contributed by atoms with Gasteiger partial charge in [-0.25, -0.2) is 0 Å². The summed E-state index contributed by atoms with van der Waals surface area (Å²) in [6.45, 7) is 4.58. The molecule has 20 heavy (non-hydrogen) atoms. The Kier molecular flexibility index (Phi) is 4.42. The third-order valence-electron chi connectivity index (χ3n) is 5.30. The van der Waals surface area contributed by atoms with E-state index in [0.29, 0.717) is 6.04 Å². The van der Waals surface area contributed by atoms with E-state index in [4.69, 9.17) is 0 Å². The number of nitrogens with one attached hydrogen (secondary N) is 1. The fraction of sp³-hybridized carbons (Fsp3) is 0.667. The summed E-state index contributed by atoms with van der Waals surface area (Å²) in [4.78, 5) is 2.68. The van der Waals surface area contributed by atoms with E-state index < -0.39 is 0 Å². The van der Waals surface area contributed by atoms with Crippen LogP contribution in [0.4, 0.5) is 0 Å². The highest BCUT2D eigenvalue weighted by molar-refractivity contribution is 5.31. The van der Waals surface area contributed by atoms with E-state index in [0.717, 1.165) is 25.0 Å². The van der Waals surface area contributed by atoms with Crippen LogP contribution >= 0.6 is 0 Å². The van der Waals surface area contributed by atoms with Crippen molar-refractivity contribution in [2.24, 2.45) is 5.92 Å². The number of hydrogen-bond acceptors (Lipinski definition) is 2. The van der Waals surface area contributed by atoms with Gasteiger partial charge in [0.25, 0.3) is 0 Å². The van der Waals surface area contributed by atoms with Crippen molar-refractivity contribution in [1.82, 2.24) is 10.2 Å². The Labute approximate surface area is 123 Å². The molecule has 0 amide bonds. The first-order valence-electron chi connectivity index (χ1n) is 8.26. The van der Waals surface area contributed by atoms with E-state index in [1.807, 2.05) is 0 Å². The van der Waals surface area contributed by atoms with Gasteiger partial charge in [0.1, 0.15) is 0 Å². The van der Waals surface area contributed by atoms with E-state index in [-0.39, 0.29) is 0 Å². The third kappa shape index (κ3) is 2.91. The fourth-order valence-electron chi connectivity index (χ4n) is 4.09. The summed E-state index contributed by atoms with van der Waals surface area (Å²) in [5.41, 5.74) is 3.05. The molecule has 1 aliphatic heterocycles. The van der Waals surface area contributed by atoms with Gasteiger partial charge in [-0.1, -0.05) is 44.0 Å². The molecule has 2 aliphatic rings. The fourth-order valence-corrected chi connectivity index (χ4v) is 4.09. The minimum Gasteiger partial charge on any atom is -0.313 e. The van der Waals surface area contributed by atoms with Crippen molar-refractivity contribution in [1.29, 1.82) is 0 Å². The van der Waals surface area contributed by atoms with Crippen LogP contribution in [0.25, 0.3) is 0 Å². The lowest BCUT2D eigenvalue weighted by Gasteiger charge is -2.39. The number of rotatable bonds is 2. The summed E-state index contributed by atoms with van der Waals surface area (Å²) >= 11 is 0. The van der Waals surface area contributed by atoms with Crippen molar-refractivity contribution in [3.63, 3.8) is 0 Å². The average molecular weight is 272 g/mol. The highest BCUT2D eigenvalue weighted by Gasteiger charge is 2.29. The Hall–Kier alpha value is -0.860. The molecule has 2 heteroatoms. The van der Waals surface area contributed by atoms with Crippen molar-refractivity contribution in [2.45, 2.75) is 57.7 Å². The smallest absolute Gasteiger partial charge is 0.0363 e. The first-order valence-corrected chi connectivity index (χ1v) is 8.26. The second kappa shape index (κ2) is 6.28. The van der Waals surface area contributed by atoms with Gasteiger partial charge in [0.2, 0.25) is 0 Å². The number of benzene rings is 1. The molecule has 0 saturated heterocycles. The lowest BCUT2D eigenvalue weighted by molar-refractivity contribution is 0.114. The molecular formula is C18H28N2. The predicted molar refractivity (Wildman–Crippen MR) is 84.7 cm³/mol. The van der Waals surface area contributed by atoms with E-state index in [9.17, 15) is 0 Å². The van der Waals surface area contributed by atoms with Crippen molar-refractivity contribution in [3.8, 4) is 0 Å². The lowest BCUT2D eigenvalue weighted by atomic mass is 9.85. The monoisotopic (exact) mass is 272 g/mol. The van der Waals surface area contributed by atoms with Crippen molar-refractivity contribution >= 4 is 0 Å². The summed E-state index contributed by atoms with van der Waals surface area (Å²) in [6, 6.07) is 10.4. The van der Waals surface area contributed by atoms with Crippen LogP contribution in [0.1, 0.15) is 56.2 Å². The zero-order chi connectivity index (χ0) is 13.9. The molecule has 3 unspecified atom stereocenters. The minimum atomic E-state index is 0.594. The zero-order valence-electron chi connectivity index (χ0n) is 12.9. The predicted octanol–water partition coefficient (Wildman–Crippen LogP) is 3.73. The molecule has 0 spiro atoms. The number of fused-ring (bicyclic) bond motifs is 1. The Morgan fingerprint density at radius 1 is 1.15 bits per heavy atom. The molecule has 2 nitrogen and oxygen atoms in total. The van der Waals surface area contributed by atoms with Gasteiger partial charge in [-0.05, 0) is 49.9 Å². The molecule has 1 fully saturated rings. The molecule has 110 valence electrons.